The lowest BCUT2D eigenvalue weighted by Crippen LogP contribution is -2.08. The van der Waals surface area contributed by atoms with Crippen LogP contribution in [0.3, 0.4) is 0 Å². The Bertz CT molecular complexity index is 404. The maximum absolute atomic E-state index is 12.1. The fourth-order valence-corrected chi connectivity index (χ4v) is 2.65. The van der Waals surface area contributed by atoms with Gasteiger partial charge in [0.2, 0.25) is 0 Å². The van der Waals surface area contributed by atoms with E-state index < -0.39 is 7.60 Å². The molecule has 102 valence electrons. The smallest absolute Gasteiger partial charge is 0.367 e. The molecule has 0 aromatic heterocycles. The number of hydrogen-bond acceptors (Lipinski definition) is 6. The van der Waals surface area contributed by atoms with E-state index in [1.165, 1.54) is 0 Å². The van der Waals surface area contributed by atoms with Gasteiger partial charge in [0.05, 0.1) is 18.9 Å². The van der Waals surface area contributed by atoms with Crippen LogP contribution in [0.1, 0.15) is 13.8 Å². The predicted molar refractivity (Wildman–Crippen MR) is 70.6 cm³/mol. The van der Waals surface area contributed by atoms with Gasteiger partial charge in [0.25, 0.3) is 0 Å². The van der Waals surface area contributed by atoms with Crippen LogP contribution in [-0.4, -0.2) is 19.6 Å². The average molecular weight is 274 g/mol. The van der Waals surface area contributed by atoms with E-state index in [1.807, 2.05) is 0 Å². The van der Waals surface area contributed by atoms with Crippen LogP contribution in [0, 0.1) is 0 Å². The highest BCUT2D eigenvalue weighted by atomic mass is 31.2. The maximum atomic E-state index is 12.1. The van der Waals surface area contributed by atoms with Crippen molar-refractivity contribution in [3.8, 4) is 5.75 Å². The number of anilines is 1. The van der Waals surface area contributed by atoms with E-state index in [0.29, 0.717) is 24.7 Å². The highest BCUT2D eigenvalue weighted by molar-refractivity contribution is 7.53. The van der Waals surface area contributed by atoms with E-state index >= 15 is 0 Å². The van der Waals surface area contributed by atoms with Gasteiger partial charge >= 0.3 is 7.60 Å². The predicted octanol–water partition coefficient (Wildman–Crippen LogP) is 2.57. The van der Waals surface area contributed by atoms with Gasteiger partial charge in [-0.25, -0.2) is 0 Å². The Kier molecular flexibility index (Phi) is 6.15. The van der Waals surface area contributed by atoms with Gasteiger partial charge in [0.15, 0.2) is 6.35 Å². The number of nitrogens with two attached hydrogens (primary N) is 1. The number of hydrogen-bond donors (Lipinski definition) is 2. The summed E-state index contributed by atoms with van der Waals surface area (Å²) < 4.78 is 27.8. The molecule has 1 aromatic rings. The van der Waals surface area contributed by atoms with E-state index in [0.717, 1.165) is 0 Å². The number of nitrogen functional groups attached to an aromatic ring is 1. The van der Waals surface area contributed by atoms with Gasteiger partial charge in [-0.15, -0.1) is 0 Å². The second-order valence-corrected chi connectivity index (χ2v) is 5.39. The summed E-state index contributed by atoms with van der Waals surface area (Å²) in [6.07, 6.45) is -0.122. The monoisotopic (exact) mass is 274 g/mol. The van der Waals surface area contributed by atoms with Gasteiger partial charge in [-0.3, -0.25) is 10.4 Å². The molecule has 0 heterocycles. The number of rotatable bonds is 8. The second kappa shape index (κ2) is 7.38. The number of nitrogens with one attached hydrogen (secondary N) is 1. The maximum Gasteiger partial charge on any atom is 0.367 e. The molecule has 6 nitrogen and oxygen atoms in total. The summed E-state index contributed by atoms with van der Waals surface area (Å²) in [6, 6.07) is 7.00. The van der Waals surface area contributed by atoms with Crippen molar-refractivity contribution in [1.82, 2.24) is 0 Å². The number of hydrazine groups is 1. The lowest BCUT2D eigenvalue weighted by molar-refractivity contribution is 0.197. The molecular formula is C11H19N2O4P. The largest absolute Gasteiger partial charge is 0.481 e. The zero-order valence-electron chi connectivity index (χ0n) is 10.6. The Balaban J connectivity index is 2.63. The quantitative estimate of drug-likeness (QED) is 0.430. The van der Waals surface area contributed by atoms with Crippen LogP contribution in [0.4, 0.5) is 5.69 Å². The van der Waals surface area contributed by atoms with Gasteiger partial charge in [-0.2, -0.15) is 0 Å². The van der Waals surface area contributed by atoms with Gasteiger partial charge in [-0.1, -0.05) is 6.07 Å². The van der Waals surface area contributed by atoms with Crippen LogP contribution in [0.2, 0.25) is 0 Å². The van der Waals surface area contributed by atoms with Crippen molar-refractivity contribution in [3.63, 3.8) is 0 Å². The summed E-state index contributed by atoms with van der Waals surface area (Å²) in [5.74, 6) is 5.83. The van der Waals surface area contributed by atoms with Crippen molar-refractivity contribution in [3.05, 3.63) is 24.3 Å². The van der Waals surface area contributed by atoms with E-state index in [4.69, 9.17) is 19.6 Å². The van der Waals surface area contributed by atoms with Gasteiger partial charge in [0.1, 0.15) is 5.75 Å². The minimum atomic E-state index is -3.18. The topological polar surface area (TPSA) is 82.8 Å². The third-order valence-electron chi connectivity index (χ3n) is 2.04. The third-order valence-corrected chi connectivity index (χ3v) is 3.79. The summed E-state index contributed by atoms with van der Waals surface area (Å²) in [5.41, 5.74) is 3.21. The molecule has 0 saturated heterocycles. The lowest BCUT2D eigenvalue weighted by atomic mass is 10.3. The summed E-state index contributed by atoms with van der Waals surface area (Å²) in [6.45, 7) is 4.13. The van der Waals surface area contributed by atoms with Crippen LogP contribution in [0.15, 0.2) is 24.3 Å². The fourth-order valence-electron chi connectivity index (χ4n) is 1.33. The molecule has 0 unspecified atom stereocenters. The Labute approximate surface area is 107 Å². The Morgan fingerprint density at radius 1 is 1.28 bits per heavy atom. The molecule has 0 aliphatic rings. The Morgan fingerprint density at radius 3 is 2.50 bits per heavy atom. The first-order chi connectivity index (χ1) is 8.63. The van der Waals surface area contributed by atoms with E-state index in [2.05, 4.69) is 5.43 Å². The zero-order valence-corrected chi connectivity index (χ0v) is 11.5. The first-order valence-electron chi connectivity index (χ1n) is 5.71. The molecule has 18 heavy (non-hydrogen) atoms. The van der Waals surface area contributed by atoms with Crippen molar-refractivity contribution in [2.45, 2.75) is 13.8 Å². The van der Waals surface area contributed by atoms with Crippen LogP contribution in [-0.2, 0) is 13.6 Å². The minimum absolute atomic E-state index is 0.122. The summed E-state index contributed by atoms with van der Waals surface area (Å²) in [4.78, 5) is 0. The van der Waals surface area contributed by atoms with E-state index in [9.17, 15) is 4.57 Å². The van der Waals surface area contributed by atoms with Crippen molar-refractivity contribution < 1.29 is 18.3 Å². The molecule has 1 rings (SSSR count). The normalized spacial score (nSPS) is 11.3. The summed E-state index contributed by atoms with van der Waals surface area (Å²) in [7, 11) is -3.18. The molecule has 0 fully saturated rings. The molecule has 0 amide bonds. The van der Waals surface area contributed by atoms with Crippen LogP contribution in [0.25, 0.3) is 0 Å². The SMILES string of the molecule is CCOP(=O)(COc1cccc(NN)c1)OCC. The third kappa shape index (κ3) is 4.66. The Hall–Kier alpha value is -1.07. The van der Waals surface area contributed by atoms with Gasteiger partial charge in [0, 0.05) is 6.07 Å². The molecule has 7 heteroatoms. The molecule has 0 spiro atoms. The van der Waals surface area contributed by atoms with Crippen LogP contribution >= 0.6 is 7.60 Å². The highest BCUT2D eigenvalue weighted by Crippen LogP contribution is 2.47. The molecule has 0 atom stereocenters. The lowest BCUT2D eigenvalue weighted by Gasteiger charge is -2.17. The van der Waals surface area contributed by atoms with Gasteiger partial charge in [-0.05, 0) is 26.0 Å². The molecule has 3 N–H and O–H groups in total. The summed E-state index contributed by atoms with van der Waals surface area (Å²) >= 11 is 0. The molecular weight excluding hydrogens is 255 g/mol. The Morgan fingerprint density at radius 2 is 1.94 bits per heavy atom. The summed E-state index contributed by atoms with van der Waals surface area (Å²) in [5, 5.41) is 0. The van der Waals surface area contributed by atoms with Crippen LogP contribution < -0.4 is 16.0 Å². The van der Waals surface area contributed by atoms with Crippen LogP contribution in [0.5, 0.6) is 5.75 Å². The van der Waals surface area contributed by atoms with Crippen molar-refractivity contribution >= 4 is 13.3 Å². The first kappa shape index (κ1) is 15.0. The zero-order chi connectivity index (χ0) is 13.4. The number of benzene rings is 1. The first-order valence-corrected chi connectivity index (χ1v) is 7.44. The van der Waals surface area contributed by atoms with Crippen molar-refractivity contribution in [2.24, 2.45) is 5.84 Å². The molecule has 0 bridgehead atoms. The molecule has 0 radical (unpaired) electrons. The average Bonchev–Trinajstić information content (AvgIpc) is 2.37. The van der Waals surface area contributed by atoms with E-state index in [-0.39, 0.29) is 6.35 Å². The van der Waals surface area contributed by atoms with E-state index in [1.54, 1.807) is 38.1 Å². The second-order valence-electron chi connectivity index (χ2n) is 3.39. The number of ether oxygens (including phenoxy) is 1. The molecule has 0 aliphatic heterocycles. The standard InChI is InChI=1S/C11H19N2O4P/c1-3-16-18(14,17-4-2)9-15-11-7-5-6-10(8-11)13-12/h5-8,13H,3-4,9,12H2,1-2H3. The van der Waals surface area contributed by atoms with Crippen molar-refractivity contribution in [2.75, 3.05) is 25.0 Å². The molecule has 0 saturated carbocycles. The van der Waals surface area contributed by atoms with Crippen molar-refractivity contribution in [1.29, 1.82) is 0 Å². The molecule has 0 aliphatic carbocycles. The van der Waals surface area contributed by atoms with Gasteiger partial charge < -0.3 is 19.2 Å². The fraction of sp³-hybridized carbons (Fsp3) is 0.455. The molecule has 1 aromatic carbocycles. The highest BCUT2D eigenvalue weighted by Gasteiger charge is 2.24. The minimum Gasteiger partial charge on any atom is -0.481 e.